The lowest BCUT2D eigenvalue weighted by Crippen LogP contribution is -2.35. The quantitative estimate of drug-likeness (QED) is 0.250. The molecule has 0 aromatic carbocycles. The van der Waals surface area contributed by atoms with Crippen LogP contribution in [0.15, 0.2) is 24.3 Å². The molecular formula is C16H25Br3N2O5. The second-order valence-electron chi connectivity index (χ2n) is 5.54. The van der Waals surface area contributed by atoms with Crippen molar-refractivity contribution < 1.29 is 24.2 Å². The number of hydrogen-bond acceptors (Lipinski definition) is 5. The summed E-state index contributed by atoms with van der Waals surface area (Å²) in [5.41, 5.74) is 0.870. The van der Waals surface area contributed by atoms with E-state index in [4.69, 9.17) is 9.84 Å². The van der Waals surface area contributed by atoms with Crippen molar-refractivity contribution in [2.45, 2.75) is 42.0 Å². The zero-order valence-corrected chi connectivity index (χ0v) is 20.0. The third-order valence-corrected chi connectivity index (χ3v) is 3.39. The van der Waals surface area contributed by atoms with Gasteiger partial charge in [-0.05, 0) is 75.5 Å². The van der Waals surface area contributed by atoms with Crippen molar-refractivity contribution in [2.75, 3.05) is 13.1 Å². The molecule has 0 aliphatic rings. The van der Waals surface area contributed by atoms with Gasteiger partial charge in [0.05, 0.1) is 12.6 Å². The number of aliphatic hydroxyl groups excluding tert-OH is 1. The first kappa shape index (κ1) is 27.5. The first-order valence-electron chi connectivity index (χ1n) is 7.51. The maximum Gasteiger partial charge on any atom is 0.345 e. The molecule has 2 amide bonds. The van der Waals surface area contributed by atoms with Gasteiger partial charge in [0, 0.05) is 17.7 Å². The summed E-state index contributed by atoms with van der Waals surface area (Å²) in [5.74, 6) is -0.990. The molecule has 0 heterocycles. The molecule has 0 bridgehead atoms. The van der Waals surface area contributed by atoms with E-state index in [1.165, 1.54) is 0 Å². The second kappa shape index (κ2) is 13.5. The molecule has 0 aliphatic heterocycles. The standard InChI is InChI=1S/C9H12Br3NO3.C7H13NO2/c1-5(2)7(14)13-4-6(3)16-8(15)9(10,11)12;1-5(2)7(10)8-4-6(3)9/h6H,1,4H2,2-3H3,(H,13,14);6,9H,1,4H2,2-3H3,(H,8,10). The van der Waals surface area contributed by atoms with E-state index in [0.717, 1.165) is 0 Å². The zero-order valence-electron chi connectivity index (χ0n) is 15.2. The molecule has 0 saturated heterocycles. The molecule has 3 N–H and O–H groups in total. The van der Waals surface area contributed by atoms with Crippen LogP contribution in [-0.2, 0) is 19.1 Å². The van der Waals surface area contributed by atoms with E-state index in [9.17, 15) is 14.4 Å². The van der Waals surface area contributed by atoms with Crippen LogP contribution in [0.4, 0.5) is 0 Å². The molecule has 150 valence electrons. The van der Waals surface area contributed by atoms with Crippen LogP contribution >= 0.6 is 47.8 Å². The number of amides is 2. The average Bonchev–Trinajstić information content (AvgIpc) is 2.49. The smallest absolute Gasteiger partial charge is 0.345 e. The van der Waals surface area contributed by atoms with Gasteiger partial charge in [-0.3, -0.25) is 9.59 Å². The number of aliphatic hydroxyl groups is 1. The number of carbonyl (C=O) groups is 3. The molecule has 7 nitrogen and oxygen atoms in total. The van der Waals surface area contributed by atoms with Gasteiger partial charge in [0.15, 0.2) is 0 Å². The lowest BCUT2D eigenvalue weighted by atomic mass is 10.3. The van der Waals surface area contributed by atoms with Crippen LogP contribution in [0.25, 0.3) is 0 Å². The van der Waals surface area contributed by atoms with Gasteiger partial charge in [-0.25, -0.2) is 4.79 Å². The first-order valence-corrected chi connectivity index (χ1v) is 9.89. The Morgan fingerprint density at radius 3 is 1.69 bits per heavy atom. The monoisotopic (exact) mass is 562 g/mol. The summed E-state index contributed by atoms with van der Waals surface area (Å²) in [6.07, 6.45) is -0.925. The number of rotatable bonds is 7. The number of ether oxygens (including phenoxy) is 1. The van der Waals surface area contributed by atoms with Crippen LogP contribution in [0.5, 0.6) is 0 Å². The minimum atomic E-state index is -1.08. The normalized spacial score (nSPS) is 12.6. The van der Waals surface area contributed by atoms with E-state index in [-0.39, 0.29) is 24.9 Å². The number of nitrogens with one attached hydrogen (secondary N) is 2. The van der Waals surface area contributed by atoms with Crippen molar-refractivity contribution in [1.29, 1.82) is 0 Å². The number of alkyl halides is 3. The minimum absolute atomic E-state index is 0.207. The summed E-state index contributed by atoms with van der Waals surface area (Å²) in [6.45, 7) is 14.0. The van der Waals surface area contributed by atoms with Crippen LogP contribution in [0.3, 0.4) is 0 Å². The Balaban J connectivity index is 0. The topological polar surface area (TPSA) is 105 Å². The lowest BCUT2D eigenvalue weighted by molar-refractivity contribution is -0.146. The van der Waals surface area contributed by atoms with E-state index >= 15 is 0 Å². The number of hydrogen-bond donors (Lipinski definition) is 3. The number of halogens is 3. The molecular weight excluding hydrogens is 540 g/mol. The summed E-state index contributed by atoms with van der Waals surface area (Å²) in [7, 11) is 0. The van der Waals surface area contributed by atoms with Crippen molar-refractivity contribution in [3.05, 3.63) is 24.3 Å². The number of carbonyl (C=O) groups excluding carboxylic acids is 3. The fourth-order valence-electron chi connectivity index (χ4n) is 1.07. The van der Waals surface area contributed by atoms with E-state index < -0.39 is 20.3 Å². The van der Waals surface area contributed by atoms with Crippen LogP contribution in [0.2, 0.25) is 0 Å². The molecule has 0 radical (unpaired) electrons. The second-order valence-corrected chi connectivity index (χ2v) is 12.3. The van der Waals surface area contributed by atoms with E-state index in [2.05, 4.69) is 71.6 Å². The fourth-order valence-corrected chi connectivity index (χ4v) is 1.35. The van der Waals surface area contributed by atoms with Crippen molar-refractivity contribution >= 4 is 65.6 Å². The highest BCUT2D eigenvalue weighted by Gasteiger charge is 2.31. The maximum atomic E-state index is 11.4. The Morgan fingerprint density at radius 2 is 1.38 bits per heavy atom. The molecule has 0 fully saturated rings. The van der Waals surface area contributed by atoms with Gasteiger partial charge in [0.2, 0.25) is 14.0 Å². The SMILES string of the molecule is C=C(C)C(=O)NCC(C)O.C=C(C)C(=O)NCC(C)OC(=O)C(Br)(Br)Br. The minimum Gasteiger partial charge on any atom is -0.458 e. The highest BCUT2D eigenvalue weighted by molar-refractivity contribution is 9.40. The van der Waals surface area contributed by atoms with Crippen LogP contribution in [0.1, 0.15) is 27.7 Å². The molecule has 0 rings (SSSR count). The van der Waals surface area contributed by atoms with Gasteiger partial charge in [-0.2, -0.15) is 0 Å². The summed E-state index contributed by atoms with van der Waals surface area (Å²) in [6, 6.07) is 0. The van der Waals surface area contributed by atoms with Gasteiger partial charge >= 0.3 is 5.97 Å². The first-order chi connectivity index (χ1) is 11.7. The summed E-state index contributed by atoms with van der Waals surface area (Å²) in [5, 5.41) is 13.8. The number of esters is 1. The average molecular weight is 565 g/mol. The predicted molar refractivity (Wildman–Crippen MR) is 112 cm³/mol. The molecule has 2 unspecified atom stereocenters. The van der Waals surface area contributed by atoms with Crippen LogP contribution in [0, 0.1) is 0 Å². The van der Waals surface area contributed by atoms with Crippen LogP contribution < -0.4 is 10.6 Å². The summed E-state index contributed by atoms with van der Waals surface area (Å²) >= 11 is 9.10. The third kappa shape index (κ3) is 15.5. The highest BCUT2D eigenvalue weighted by Crippen LogP contribution is 2.34. The molecule has 26 heavy (non-hydrogen) atoms. The molecule has 0 aromatic rings. The molecule has 0 saturated carbocycles. The fraction of sp³-hybridized carbons (Fsp3) is 0.562. The van der Waals surface area contributed by atoms with Gasteiger partial charge in [0.25, 0.3) is 0 Å². The summed E-state index contributed by atoms with van der Waals surface area (Å²) < 4.78 is 3.94. The molecule has 2 atom stereocenters. The largest absolute Gasteiger partial charge is 0.458 e. The van der Waals surface area contributed by atoms with Crippen molar-refractivity contribution in [3.8, 4) is 0 Å². The van der Waals surface area contributed by atoms with E-state index in [1.807, 2.05) is 0 Å². The van der Waals surface area contributed by atoms with E-state index in [1.54, 1.807) is 27.7 Å². The molecule has 0 aliphatic carbocycles. The van der Waals surface area contributed by atoms with Crippen molar-refractivity contribution in [3.63, 3.8) is 0 Å². The molecule has 0 spiro atoms. The van der Waals surface area contributed by atoms with E-state index in [0.29, 0.717) is 11.1 Å². The Labute approximate surface area is 179 Å². The lowest BCUT2D eigenvalue weighted by Gasteiger charge is -2.17. The Morgan fingerprint density at radius 1 is 1.00 bits per heavy atom. The van der Waals surface area contributed by atoms with Gasteiger partial charge in [-0.1, -0.05) is 13.2 Å². The zero-order chi connectivity index (χ0) is 21.1. The van der Waals surface area contributed by atoms with Gasteiger partial charge in [0.1, 0.15) is 6.10 Å². The van der Waals surface area contributed by atoms with Crippen molar-refractivity contribution in [1.82, 2.24) is 10.6 Å². The summed E-state index contributed by atoms with van der Waals surface area (Å²) in [4.78, 5) is 33.2. The Hall–Kier alpha value is -0.710. The molecule has 0 aromatic heterocycles. The third-order valence-electron chi connectivity index (χ3n) is 2.42. The maximum absolute atomic E-state index is 11.4. The Bertz CT molecular complexity index is 530. The molecule has 10 heteroatoms. The predicted octanol–water partition coefficient (Wildman–Crippen LogP) is 2.51. The van der Waals surface area contributed by atoms with Crippen LogP contribution in [-0.4, -0.2) is 50.3 Å². The van der Waals surface area contributed by atoms with Crippen molar-refractivity contribution in [2.24, 2.45) is 0 Å². The van der Waals surface area contributed by atoms with Gasteiger partial charge in [-0.15, -0.1) is 0 Å². The highest BCUT2D eigenvalue weighted by atomic mass is 80.0. The van der Waals surface area contributed by atoms with Gasteiger partial charge < -0.3 is 20.5 Å². The Kier molecular flexibility index (Phi) is 14.2.